The molecule has 6 nitrogen and oxygen atoms in total. The third-order valence-electron chi connectivity index (χ3n) is 3.79. The zero-order chi connectivity index (χ0) is 17.7. The molecule has 2 rings (SSSR count). The predicted octanol–water partition coefficient (Wildman–Crippen LogP) is 2.41. The molecular weight excluding hydrogens is 314 g/mol. The molecule has 0 aliphatic heterocycles. The van der Waals surface area contributed by atoms with Gasteiger partial charge in [-0.3, -0.25) is 9.67 Å². The van der Waals surface area contributed by atoms with Gasteiger partial charge in [0.25, 0.3) is 0 Å². The molecule has 2 N–H and O–H groups in total. The molecule has 25 heavy (non-hydrogen) atoms. The first kappa shape index (κ1) is 19.0. The van der Waals surface area contributed by atoms with Gasteiger partial charge in [-0.15, -0.1) is 0 Å². The number of aromatic nitrogens is 2. The number of benzene rings is 1. The van der Waals surface area contributed by atoms with Crippen LogP contribution in [0.4, 0.5) is 0 Å². The molecule has 0 atom stereocenters. The summed E-state index contributed by atoms with van der Waals surface area (Å²) in [5, 5.41) is 10.9. The zero-order valence-corrected chi connectivity index (χ0v) is 15.2. The summed E-state index contributed by atoms with van der Waals surface area (Å²) >= 11 is 0. The van der Waals surface area contributed by atoms with Gasteiger partial charge >= 0.3 is 0 Å². The van der Waals surface area contributed by atoms with Crippen molar-refractivity contribution < 1.29 is 4.74 Å². The van der Waals surface area contributed by atoms with Gasteiger partial charge in [-0.05, 0) is 37.0 Å². The van der Waals surface area contributed by atoms with Crippen LogP contribution >= 0.6 is 0 Å². The molecule has 0 saturated carbocycles. The molecule has 2 aromatic rings. The molecule has 0 spiro atoms. The highest BCUT2D eigenvalue weighted by molar-refractivity contribution is 5.79. The molecule has 0 aliphatic carbocycles. The minimum absolute atomic E-state index is 0.742. The summed E-state index contributed by atoms with van der Waals surface area (Å²) in [6, 6.07) is 10.5. The summed E-state index contributed by atoms with van der Waals surface area (Å²) in [5.74, 6) is 0.828. The smallest absolute Gasteiger partial charge is 0.191 e. The van der Waals surface area contributed by atoms with E-state index in [1.807, 2.05) is 23.9 Å². The molecule has 0 saturated heterocycles. The van der Waals surface area contributed by atoms with Crippen LogP contribution in [0.15, 0.2) is 47.7 Å². The lowest BCUT2D eigenvalue weighted by Gasteiger charge is -2.12. The lowest BCUT2D eigenvalue weighted by atomic mass is 10.1. The number of nitrogens with zero attached hydrogens (tertiary/aromatic N) is 3. The Kier molecular flexibility index (Phi) is 8.55. The molecule has 0 bridgehead atoms. The minimum atomic E-state index is 0.742. The molecule has 0 radical (unpaired) electrons. The van der Waals surface area contributed by atoms with E-state index in [2.05, 4.69) is 45.0 Å². The Labute approximate surface area is 150 Å². The van der Waals surface area contributed by atoms with Crippen LogP contribution in [0.1, 0.15) is 30.9 Å². The molecule has 1 aromatic carbocycles. The Hall–Kier alpha value is -2.34. The van der Waals surface area contributed by atoms with E-state index in [-0.39, 0.29) is 0 Å². The quantitative estimate of drug-likeness (QED) is 0.395. The van der Waals surface area contributed by atoms with Crippen molar-refractivity contribution in [1.82, 2.24) is 20.4 Å². The summed E-state index contributed by atoms with van der Waals surface area (Å²) in [4.78, 5) is 4.27. The van der Waals surface area contributed by atoms with Crippen molar-refractivity contribution in [2.75, 3.05) is 26.8 Å². The first-order valence-electron chi connectivity index (χ1n) is 8.89. The first-order valence-corrected chi connectivity index (χ1v) is 8.89. The van der Waals surface area contributed by atoms with Gasteiger partial charge in [0.05, 0.1) is 6.54 Å². The van der Waals surface area contributed by atoms with Crippen LogP contribution in [0.25, 0.3) is 0 Å². The van der Waals surface area contributed by atoms with Crippen LogP contribution in [0.2, 0.25) is 0 Å². The standard InChI is InChI=1S/C19H29N5O/c1-3-25-13-5-4-10-21-19(20-2)22-15-17-8-6-9-18(14-17)16-24-12-7-11-23-24/h6-9,11-12,14H,3-5,10,13,15-16H2,1-2H3,(H2,20,21,22). The molecule has 6 heteroatoms. The second kappa shape index (κ2) is 11.3. The lowest BCUT2D eigenvalue weighted by Crippen LogP contribution is -2.37. The highest BCUT2D eigenvalue weighted by Gasteiger charge is 2.01. The number of unbranched alkanes of at least 4 members (excludes halogenated alkanes) is 1. The van der Waals surface area contributed by atoms with Crippen molar-refractivity contribution in [3.8, 4) is 0 Å². The minimum Gasteiger partial charge on any atom is -0.382 e. The summed E-state index contributed by atoms with van der Waals surface area (Å²) in [5.41, 5.74) is 2.46. The average Bonchev–Trinajstić information content (AvgIpc) is 3.14. The van der Waals surface area contributed by atoms with Gasteiger partial charge in [0.1, 0.15) is 0 Å². The van der Waals surface area contributed by atoms with E-state index in [9.17, 15) is 0 Å². The van der Waals surface area contributed by atoms with Crippen molar-refractivity contribution in [3.63, 3.8) is 0 Å². The second-order valence-electron chi connectivity index (χ2n) is 5.78. The third kappa shape index (κ3) is 7.39. The van der Waals surface area contributed by atoms with E-state index in [1.54, 1.807) is 13.2 Å². The lowest BCUT2D eigenvalue weighted by molar-refractivity contribution is 0.143. The Bertz CT molecular complexity index is 625. The van der Waals surface area contributed by atoms with Gasteiger partial charge in [0.15, 0.2) is 5.96 Å². The van der Waals surface area contributed by atoms with Crippen molar-refractivity contribution in [1.29, 1.82) is 0 Å². The van der Waals surface area contributed by atoms with E-state index in [1.165, 1.54) is 11.1 Å². The fraction of sp³-hybridized carbons (Fsp3) is 0.474. The second-order valence-corrected chi connectivity index (χ2v) is 5.78. The van der Waals surface area contributed by atoms with Crippen LogP contribution in [0.5, 0.6) is 0 Å². The first-order chi connectivity index (χ1) is 12.3. The molecule has 0 unspecified atom stereocenters. The highest BCUT2D eigenvalue weighted by Crippen LogP contribution is 2.07. The van der Waals surface area contributed by atoms with Gasteiger partial charge < -0.3 is 15.4 Å². The number of hydrogen-bond acceptors (Lipinski definition) is 3. The van der Waals surface area contributed by atoms with Gasteiger partial charge in [0.2, 0.25) is 0 Å². The van der Waals surface area contributed by atoms with Gasteiger partial charge in [0, 0.05) is 45.7 Å². The van der Waals surface area contributed by atoms with Crippen LogP contribution in [-0.4, -0.2) is 42.5 Å². The largest absolute Gasteiger partial charge is 0.382 e. The molecule has 0 aliphatic rings. The van der Waals surface area contributed by atoms with E-state index >= 15 is 0 Å². The van der Waals surface area contributed by atoms with Crippen LogP contribution < -0.4 is 10.6 Å². The number of guanidine groups is 1. The fourth-order valence-electron chi connectivity index (χ4n) is 2.51. The molecule has 0 fully saturated rings. The Morgan fingerprint density at radius 2 is 2.08 bits per heavy atom. The average molecular weight is 343 g/mol. The van der Waals surface area contributed by atoms with E-state index < -0.39 is 0 Å². The molecule has 1 aromatic heterocycles. The maximum atomic E-state index is 5.34. The zero-order valence-electron chi connectivity index (χ0n) is 15.2. The number of aliphatic imine (C=N–C) groups is 1. The van der Waals surface area contributed by atoms with Crippen LogP contribution in [0.3, 0.4) is 0 Å². The van der Waals surface area contributed by atoms with Crippen molar-refractivity contribution >= 4 is 5.96 Å². The number of rotatable bonds is 10. The molecule has 136 valence electrons. The Morgan fingerprint density at radius 3 is 2.84 bits per heavy atom. The van der Waals surface area contributed by atoms with Gasteiger partial charge in [-0.25, -0.2) is 0 Å². The molecular formula is C19H29N5O. The maximum absolute atomic E-state index is 5.34. The number of ether oxygens (including phenoxy) is 1. The monoisotopic (exact) mass is 343 g/mol. The van der Waals surface area contributed by atoms with E-state index in [4.69, 9.17) is 4.74 Å². The van der Waals surface area contributed by atoms with E-state index in [0.717, 1.165) is 51.6 Å². The summed E-state index contributed by atoms with van der Waals surface area (Å²) in [6.07, 6.45) is 5.91. The highest BCUT2D eigenvalue weighted by atomic mass is 16.5. The normalized spacial score (nSPS) is 11.5. The topological polar surface area (TPSA) is 63.5 Å². The Balaban J connectivity index is 1.73. The molecule has 0 amide bonds. The molecule has 1 heterocycles. The van der Waals surface area contributed by atoms with Crippen molar-refractivity contribution in [2.24, 2.45) is 4.99 Å². The number of hydrogen-bond donors (Lipinski definition) is 2. The summed E-state index contributed by atoms with van der Waals surface area (Å²) in [6.45, 7) is 6.06. The summed E-state index contributed by atoms with van der Waals surface area (Å²) in [7, 11) is 1.80. The SMILES string of the molecule is CCOCCCCNC(=NC)NCc1cccc(Cn2cccn2)c1. The fourth-order valence-corrected chi connectivity index (χ4v) is 2.51. The Morgan fingerprint density at radius 1 is 1.20 bits per heavy atom. The van der Waals surface area contributed by atoms with Crippen LogP contribution in [-0.2, 0) is 17.8 Å². The van der Waals surface area contributed by atoms with Crippen LogP contribution in [0, 0.1) is 0 Å². The van der Waals surface area contributed by atoms with Crippen molar-refractivity contribution in [3.05, 3.63) is 53.9 Å². The third-order valence-corrected chi connectivity index (χ3v) is 3.79. The summed E-state index contributed by atoms with van der Waals surface area (Å²) < 4.78 is 7.27. The van der Waals surface area contributed by atoms with Gasteiger partial charge in [-0.1, -0.05) is 24.3 Å². The maximum Gasteiger partial charge on any atom is 0.191 e. The van der Waals surface area contributed by atoms with Crippen molar-refractivity contribution in [2.45, 2.75) is 32.9 Å². The van der Waals surface area contributed by atoms with E-state index in [0.29, 0.717) is 0 Å². The number of nitrogens with one attached hydrogen (secondary N) is 2. The van der Waals surface area contributed by atoms with Gasteiger partial charge in [-0.2, -0.15) is 5.10 Å². The predicted molar refractivity (Wildman–Crippen MR) is 102 cm³/mol.